The van der Waals surface area contributed by atoms with E-state index in [1.165, 1.54) is 0 Å². The van der Waals surface area contributed by atoms with Crippen LogP contribution in [-0.4, -0.2) is 29.9 Å². The van der Waals surface area contributed by atoms with Gasteiger partial charge in [0, 0.05) is 33.4 Å². The lowest BCUT2D eigenvalue weighted by atomic mass is 9.96. The Labute approximate surface area is 370 Å². The van der Waals surface area contributed by atoms with Gasteiger partial charge < -0.3 is 0 Å². The van der Waals surface area contributed by atoms with Gasteiger partial charge in [-0.1, -0.05) is 211 Å². The molecule has 0 spiro atoms. The summed E-state index contributed by atoms with van der Waals surface area (Å²) in [7, 11) is 0. The molecule has 0 aliphatic heterocycles. The van der Waals surface area contributed by atoms with Gasteiger partial charge >= 0.3 is 0 Å². The van der Waals surface area contributed by atoms with Crippen molar-refractivity contribution in [3.63, 3.8) is 0 Å². The Balaban J connectivity index is 0.00000103. The Morgan fingerprint density at radius 2 is 0.698 bits per heavy atom. The quantitative estimate of drug-likeness (QED) is 0.128. The fraction of sp³-hybridized carbons (Fsp3) is 0.0877. The van der Waals surface area contributed by atoms with Crippen LogP contribution in [-0.2, 0) is 0 Å². The Morgan fingerprint density at radius 3 is 1.10 bits per heavy atom. The highest BCUT2D eigenvalue weighted by atomic mass is 15.0. The van der Waals surface area contributed by atoms with Crippen molar-refractivity contribution in [3.05, 3.63) is 213 Å². The molecule has 0 bridgehead atoms. The van der Waals surface area contributed by atoms with Gasteiger partial charge in [0.1, 0.15) is 0 Å². The molecule has 9 rings (SSSR count). The Hall–Kier alpha value is -7.96. The van der Waals surface area contributed by atoms with E-state index in [2.05, 4.69) is 114 Å². The van der Waals surface area contributed by atoms with E-state index < -0.39 is 0 Å². The third kappa shape index (κ3) is 10.3. The molecule has 0 saturated heterocycles. The molecule has 0 aliphatic rings. The lowest BCUT2D eigenvalue weighted by Crippen LogP contribution is -2.02. The van der Waals surface area contributed by atoms with Crippen LogP contribution in [0.15, 0.2) is 207 Å². The van der Waals surface area contributed by atoms with E-state index in [1.807, 2.05) is 109 Å². The highest BCUT2D eigenvalue weighted by Crippen LogP contribution is 2.33. The van der Waals surface area contributed by atoms with E-state index in [0.29, 0.717) is 40.4 Å². The summed E-state index contributed by atoms with van der Waals surface area (Å²) in [5.74, 6) is 3.60. The first-order valence-corrected chi connectivity index (χ1v) is 21.0. The summed E-state index contributed by atoms with van der Waals surface area (Å²) in [5.41, 5.74) is 10.2. The van der Waals surface area contributed by atoms with E-state index in [1.54, 1.807) is 12.2 Å². The molecule has 0 radical (unpaired) electrons. The topological polar surface area (TPSA) is 77.3 Å². The van der Waals surface area contributed by atoms with Gasteiger partial charge in [0.25, 0.3) is 0 Å². The second kappa shape index (κ2) is 18.8. The van der Waals surface area contributed by atoms with Crippen molar-refractivity contribution in [2.75, 3.05) is 0 Å². The summed E-state index contributed by atoms with van der Waals surface area (Å²) in [4.78, 5) is 29.4. The minimum atomic E-state index is 0.500. The molecule has 0 N–H and O–H groups in total. The van der Waals surface area contributed by atoms with Crippen LogP contribution in [0, 0.1) is 5.41 Å². The highest BCUT2D eigenvalue weighted by Gasteiger charge is 2.15. The lowest BCUT2D eigenvalue weighted by molar-refractivity contribution is 0.469. The molecule has 63 heavy (non-hydrogen) atoms. The summed E-state index contributed by atoms with van der Waals surface area (Å²) in [6.07, 6.45) is 5.30. The van der Waals surface area contributed by atoms with Crippen LogP contribution in [0.2, 0.25) is 0 Å². The molecule has 6 heteroatoms. The normalized spacial score (nSPS) is 11.4. The maximum atomic E-state index is 4.96. The molecule has 0 saturated carbocycles. The summed E-state index contributed by atoms with van der Waals surface area (Å²) in [5, 5.41) is 2.28. The molecule has 0 amide bonds. The monoisotopic (exact) mass is 816 g/mol. The molecule has 2 aromatic heterocycles. The molecule has 0 unspecified atom stereocenters. The second-order valence-corrected chi connectivity index (χ2v) is 16.7. The predicted molar refractivity (Wildman–Crippen MR) is 262 cm³/mol. The van der Waals surface area contributed by atoms with Crippen molar-refractivity contribution in [1.82, 2.24) is 29.9 Å². The zero-order chi connectivity index (χ0) is 43.8. The maximum absolute atomic E-state index is 4.96. The first-order valence-electron chi connectivity index (χ1n) is 21.0. The van der Waals surface area contributed by atoms with Crippen LogP contribution in [0.3, 0.4) is 0 Å². The fourth-order valence-electron chi connectivity index (χ4n) is 6.93. The molecule has 7 aromatic carbocycles. The maximum Gasteiger partial charge on any atom is 0.164 e. The molecule has 0 atom stereocenters. The van der Waals surface area contributed by atoms with Crippen molar-refractivity contribution in [2.45, 2.75) is 27.7 Å². The summed E-state index contributed by atoms with van der Waals surface area (Å²) < 4.78 is 0. The van der Waals surface area contributed by atoms with Gasteiger partial charge in [0.2, 0.25) is 0 Å². The van der Waals surface area contributed by atoms with Gasteiger partial charge in [-0.05, 0) is 62.7 Å². The third-order valence-corrected chi connectivity index (χ3v) is 9.89. The van der Waals surface area contributed by atoms with E-state index in [-0.39, 0.29) is 0 Å². The fourth-order valence-corrected chi connectivity index (χ4v) is 6.93. The molecular weight excluding hydrogens is 769 g/mol. The average Bonchev–Trinajstić information content (AvgIpc) is 3.33. The Morgan fingerprint density at radius 1 is 0.365 bits per heavy atom. The van der Waals surface area contributed by atoms with E-state index in [4.69, 9.17) is 29.9 Å². The van der Waals surface area contributed by atoms with Crippen LogP contribution < -0.4 is 0 Å². The van der Waals surface area contributed by atoms with Crippen molar-refractivity contribution < 1.29 is 0 Å². The summed E-state index contributed by atoms with van der Waals surface area (Å²) in [6, 6.07) is 59.9. The van der Waals surface area contributed by atoms with Crippen LogP contribution in [0.1, 0.15) is 33.5 Å². The second-order valence-electron chi connectivity index (χ2n) is 16.7. The predicted octanol–water partition coefficient (Wildman–Crippen LogP) is 14.7. The average molecular weight is 817 g/mol. The third-order valence-electron chi connectivity index (χ3n) is 9.89. The first kappa shape index (κ1) is 41.8. The standard InChI is InChI=1S/C52H36N6.C5H12/c1-3-16-35(4-2)47-53-48(37-17-8-5-9-18-37)56-51(54-47)44-25-14-23-40(31-44)42-29-27-36-28-30-43(34-46(36)33-42)41-24-15-26-45(32-41)52-57-49(38-19-10-6-11-20-38)55-50(58-52)39-21-12-7-13-22-39;1-5(2,3)4/h3-34H,1-2H2;1-4H3/b35-16+;. The number of aromatic nitrogens is 6. The zero-order valence-corrected chi connectivity index (χ0v) is 36.1. The zero-order valence-electron chi connectivity index (χ0n) is 36.1. The minimum absolute atomic E-state index is 0.500. The van der Waals surface area contributed by atoms with Gasteiger partial charge in [0.05, 0.1) is 0 Å². The van der Waals surface area contributed by atoms with E-state index in [0.717, 1.165) is 66.4 Å². The molecule has 9 aromatic rings. The number of allylic oxidation sites excluding steroid dienone is 4. The molecule has 0 aliphatic carbocycles. The number of hydrogen-bond donors (Lipinski definition) is 0. The highest BCUT2D eigenvalue weighted by molar-refractivity contribution is 5.91. The van der Waals surface area contributed by atoms with Crippen LogP contribution >= 0.6 is 0 Å². The van der Waals surface area contributed by atoms with E-state index in [9.17, 15) is 0 Å². The van der Waals surface area contributed by atoms with Crippen molar-refractivity contribution >= 4 is 16.3 Å². The van der Waals surface area contributed by atoms with Crippen molar-refractivity contribution in [2.24, 2.45) is 5.41 Å². The van der Waals surface area contributed by atoms with E-state index >= 15 is 0 Å². The molecule has 306 valence electrons. The summed E-state index contributed by atoms with van der Waals surface area (Å²) >= 11 is 0. The molecular formula is C57H48N6. The largest absolute Gasteiger partial charge is 0.208 e. The number of nitrogens with zero attached hydrogens (tertiary/aromatic N) is 6. The molecule has 2 heterocycles. The number of hydrogen-bond acceptors (Lipinski definition) is 6. The van der Waals surface area contributed by atoms with Gasteiger partial charge in [-0.2, -0.15) is 0 Å². The summed E-state index contributed by atoms with van der Waals surface area (Å²) in [6.45, 7) is 16.6. The lowest BCUT2D eigenvalue weighted by Gasteiger charge is -2.11. The number of rotatable bonds is 10. The first-order chi connectivity index (χ1) is 30.6. The smallest absolute Gasteiger partial charge is 0.164 e. The Bertz CT molecular complexity index is 3010. The van der Waals surface area contributed by atoms with Gasteiger partial charge in [-0.3, -0.25) is 0 Å². The molecule has 0 fully saturated rings. The number of fused-ring (bicyclic) bond motifs is 1. The van der Waals surface area contributed by atoms with Crippen LogP contribution in [0.25, 0.3) is 95.5 Å². The van der Waals surface area contributed by atoms with Gasteiger partial charge in [-0.25, -0.2) is 29.9 Å². The van der Waals surface area contributed by atoms with Crippen molar-refractivity contribution in [3.8, 4) is 79.2 Å². The minimum Gasteiger partial charge on any atom is -0.208 e. The van der Waals surface area contributed by atoms with Crippen LogP contribution in [0.5, 0.6) is 0 Å². The Kier molecular flexibility index (Phi) is 12.4. The molecule has 6 nitrogen and oxygen atoms in total. The van der Waals surface area contributed by atoms with Crippen LogP contribution in [0.4, 0.5) is 0 Å². The van der Waals surface area contributed by atoms with Gasteiger partial charge in [-0.15, -0.1) is 0 Å². The van der Waals surface area contributed by atoms with Gasteiger partial charge in [0.15, 0.2) is 34.9 Å². The van der Waals surface area contributed by atoms with Crippen molar-refractivity contribution in [1.29, 1.82) is 0 Å². The SMILES string of the molecule is C=C/C=C(\C=C)c1nc(-c2ccccc2)nc(-c2cccc(-c3ccc4ccc(-c5cccc(-c6nc(-c7ccccc7)nc(-c7ccccc7)n6)c5)cc4c3)c2)n1.CC(C)(C)C. The number of benzene rings is 7.